The summed E-state index contributed by atoms with van der Waals surface area (Å²) in [5.74, 6) is 1.11. The molecule has 5 nitrogen and oxygen atoms in total. The van der Waals surface area contributed by atoms with E-state index in [1.807, 2.05) is 0 Å². The van der Waals surface area contributed by atoms with E-state index in [-0.39, 0.29) is 11.2 Å². The summed E-state index contributed by atoms with van der Waals surface area (Å²) in [6, 6.07) is 3.45. The van der Waals surface area contributed by atoms with Gasteiger partial charge in [-0.2, -0.15) is 5.10 Å². The molecule has 2 unspecified atom stereocenters. The number of hydrogen-bond acceptors (Lipinski definition) is 4. The minimum atomic E-state index is -0.739. The molecule has 0 spiro atoms. The van der Waals surface area contributed by atoms with Gasteiger partial charge < -0.3 is 5.32 Å². The van der Waals surface area contributed by atoms with Gasteiger partial charge in [-0.3, -0.25) is 5.10 Å². The van der Waals surface area contributed by atoms with Crippen molar-refractivity contribution in [2.45, 2.75) is 18.5 Å². The Kier molecular flexibility index (Phi) is 2.44. The molecule has 88 valence electrons. The van der Waals surface area contributed by atoms with Gasteiger partial charge >= 0.3 is 0 Å². The summed E-state index contributed by atoms with van der Waals surface area (Å²) in [6.45, 7) is 0. The number of aromatic amines is 1. The monoisotopic (exact) mass is 253 g/mol. The molecule has 1 aliphatic rings. The van der Waals surface area contributed by atoms with Crippen molar-refractivity contribution in [2.75, 3.05) is 5.32 Å². The molecule has 0 aromatic carbocycles. The average Bonchev–Trinajstić information content (AvgIpc) is 2.85. The molecule has 3 rings (SSSR count). The minimum absolute atomic E-state index is 0.0352. The van der Waals surface area contributed by atoms with Gasteiger partial charge in [0.2, 0.25) is 5.28 Å². The number of nitrogens with one attached hydrogen (secondary N) is 2. The van der Waals surface area contributed by atoms with Crippen LogP contribution >= 0.6 is 11.6 Å². The third-order valence-electron chi connectivity index (χ3n) is 2.59. The van der Waals surface area contributed by atoms with Gasteiger partial charge in [-0.25, -0.2) is 14.4 Å². The number of rotatable bonds is 3. The Hall–Kier alpha value is -1.69. The lowest BCUT2D eigenvalue weighted by Gasteiger charge is -2.00. The highest BCUT2D eigenvalue weighted by Crippen LogP contribution is 2.43. The van der Waals surface area contributed by atoms with Gasteiger partial charge in [-0.05, 0) is 24.1 Å². The van der Waals surface area contributed by atoms with E-state index in [2.05, 4.69) is 25.5 Å². The van der Waals surface area contributed by atoms with Crippen LogP contribution in [0.3, 0.4) is 0 Å². The molecule has 0 bridgehead atoms. The van der Waals surface area contributed by atoms with E-state index in [1.165, 1.54) is 0 Å². The van der Waals surface area contributed by atoms with Crippen LogP contribution in [0.2, 0.25) is 5.28 Å². The number of H-pyrrole nitrogens is 1. The molecular formula is C10H9ClFN5. The zero-order valence-electron chi connectivity index (χ0n) is 8.69. The number of anilines is 2. The largest absolute Gasteiger partial charge is 0.323 e. The first-order valence-electron chi connectivity index (χ1n) is 5.17. The van der Waals surface area contributed by atoms with Crippen LogP contribution < -0.4 is 5.32 Å². The first kappa shape index (κ1) is 10.5. The quantitative estimate of drug-likeness (QED) is 0.825. The fraction of sp³-hybridized carbons (Fsp3) is 0.300. The normalized spacial score (nSPS) is 22.5. The van der Waals surface area contributed by atoms with Crippen LogP contribution in [0, 0.1) is 0 Å². The van der Waals surface area contributed by atoms with Gasteiger partial charge in [-0.15, -0.1) is 0 Å². The maximum Gasteiger partial charge on any atom is 0.224 e. The Labute approximate surface area is 101 Å². The first-order chi connectivity index (χ1) is 8.22. The predicted molar refractivity (Wildman–Crippen MR) is 61.2 cm³/mol. The topological polar surface area (TPSA) is 66.5 Å². The number of aromatic nitrogens is 4. The van der Waals surface area contributed by atoms with Crippen molar-refractivity contribution in [1.82, 2.24) is 20.2 Å². The highest BCUT2D eigenvalue weighted by molar-refractivity contribution is 6.28. The molecule has 1 fully saturated rings. The van der Waals surface area contributed by atoms with Crippen molar-refractivity contribution in [3.05, 3.63) is 29.3 Å². The van der Waals surface area contributed by atoms with Crippen LogP contribution in [0.4, 0.5) is 16.0 Å². The summed E-state index contributed by atoms with van der Waals surface area (Å²) in [5.41, 5.74) is 0.806. The molecule has 0 radical (unpaired) electrons. The average molecular weight is 254 g/mol. The Morgan fingerprint density at radius 1 is 1.47 bits per heavy atom. The molecule has 0 amide bonds. The van der Waals surface area contributed by atoms with Crippen molar-refractivity contribution in [3.8, 4) is 0 Å². The van der Waals surface area contributed by atoms with Crippen molar-refractivity contribution in [1.29, 1.82) is 0 Å². The summed E-state index contributed by atoms with van der Waals surface area (Å²) < 4.78 is 12.8. The van der Waals surface area contributed by atoms with Gasteiger partial charge in [0.15, 0.2) is 5.82 Å². The molecule has 2 N–H and O–H groups in total. The smallest absolute Gasteiger partial charge is 0.224 e. The van der Waals surface area contributed by atoms with Gasteiger partial charge in [-0.1, -0.05) is 0 Å². The zero-order valence-corrected chi connectivity index (χ0v) is 9.45. The van der Waals surface area contributed by atoms with Crippen LogP contribution in [0.25, 0.3) is 0 Å². The Morgan fingerprint density at radius 3 is 3.00 bits per heavy atom. The molecule has 2 aromatic rings. The SMILES string of the molecule is FC1CC1c1cc(Nc2ccnc(Cl)n2)n[nH]1. The van der Waals surface area contributed by atoms with Crippen molar-refractivity contribution >= 4 is 23.2 Å². The summed E-state index contributed by atoms with van der Waals surface area (Å²) in [4.78, 5) is 7.74. The van der Waals surface area contributed by atoms with Crippen LogP contribution in [0.5, 0.6) is 0 Å². The van der Waals surface area contributed by atoms with E-state index >= 15 is 0 Å². The molecule has 2 aromatic heterocycles. The molecule has 2 atom stereocenters. The van der Waals surface area contributed by atoms with E-state index in [0.29, 0.717) is 18.1 Å². The summed E-state index contributed by atoms with van der Waals surface area (Å²) in [6.07, 6.45) is 1.38. The first-order valence-corrected chi connectivity index (χ1v) is 5.55. The second-order valence-corrected chi connectivity index (χ2v) is 4.24. The van der Waals surface area contributed by atoms with Gasteiger partial charge in [0.05, 0.1) is 0 Å². The predicted octanol–water partition coefficient (Wildman–Crippen LogP) is 2.42. The summed E-state index contributed by atoms with van der Waals surface area (Å²) >= 11 is 5.66. The number of halogens is 2. The zero-order chi connectivity index (χ0) is 11.8. The molecular weight excluding hydrogens is 245 g/mol. The highest BCUT2D eigenvalue weighted by atomic mass is 35.5. The maximum atomic E-state index is 12.8. The molecule has 1 saturated carbocycles. The lowest BCUT2D eigenvalue weighted by atomic mass is 10.3. The van der Waals surface area contributed by atoms with E-state index in [4.69, 9.17) is 11.6 Å². The van der Waals surface area contributed by atoms with Crippen molar-refractivity contribution in [3.63, 3.8) is 0 Å². The molecule has 17 heavy (non-hydrogen) atoms. The number of alkyl halides is 1. The maximum absolute atomic E-state index is 12.8. The van der Waals surface area contributed by atoms with Crippen LogP contribution in [-0.4, -0.2) is 26.3 Å². The molecule has 1 aliphatic carbocycles. The minimum Gasteiger partial charge on any atom is -0.323 e. The van der Waals surface area contributed by atoms with Crippen LogP contribution in [0.15, 0.2) is 18.3 Å². The Morgan fingerprint density at radius 2 is 2.29 bits per heavy atom. The summed E-state index contributed by atoms with van der Waals surface area (Å²) in [5, 5.41) is 9.96. The standard InChI is InChI=1S/C10H9ClFN5/c11-10-13-2-1-8(15-10)14-9-4-7(16-17-9)5-3-6(5)12/h1-2,4-6H,3H2,(H2,13,14,15,16,17). The molecule has 7 heteroatoms. The fourth-order valence-corrected chi connectivity index (χ4v) is 1.76. The second-order valence-electron chi connectivity index (χ2n) is 3.90. The molecule has 2 heterocycles. The van der Waals surface area contributed by atoms with Crippen LogP contribution in [-0.2, 0) is 0 Å². The highest BCUT2D eigenvalue weighted by Gasteiger charge is 2.40. The molecule has 0 saturated heterocycles. The van der Waals surface area contributed by atoms with Crippen LogP contribution in [0.1, 0.15) is 18.0 Å². The van der Waals surface area contributed by atoms with E-state index in [0.717, 1.165) is 5.69 Å². The van der Waals surface area contributed by atoms with Crippen molar-refractivity contribution in [2.24, 2.45) is 0 Å². The Balaban J connectivity index is 1.75. The number of hydrogen-bond donors (Lipinski definition) is 2. The van der Waals surface area contributed by atoms with E-state index < -0.39 is 6.17 Å². The lowest BCUT2D eigenvalue weighted by molar-refractivity contribution is 0.466. The fourth-order valence-electron chi connectivity index (χ4n) is 1.61. The molecule has 0 aliphatic heterocycles. The van der Waals surface area contributed by atoms with E-state index in [9.17, 15) is 4.39 Å². The third kappa shape index (κ3) is 2.21. The summed E-state index contributed by atoms with van der Waals surface area (Å²) in [7, 11) is 0. The second kappa shape index (κ2) is 3.96. The Bertz CT molecular complexity index is 543. The van der Waals surface area contributed by atoms with Gasteiger partial charge in [0.25, 0.3) is 0 Å². The lowest BCUT2D eigenvalue weighted by Crippen LogP contribution is -1.94. The number of nitrogens with zero attached hydrogens (tertiary/aromatic N) is 3. The van der Waals surface area contributed by atoms with Gasteiger partial charge in [0.1, 0.15) is 12.0 Å². The third-order valence-corrected chi connectivity index (χ3v) is 2.77. The van der Waals surface area contributed by atoms with Crippen molar-refractivity contribution < 1.29 is 4.39 Å². The van der Waals surface area contributed by atoms with E-state index in [1.54, 1.807) is 18.3 Å². The van der Waals surface area contributed by atoms with Gasteiger partial charge in [0, 0.05) is 23.9 Å².